The molecule has 0 radical (unpaired) electrons. The predicted octanol–water partition coefficient (Wildman–Crippen LogP) is 4.48. The van der Waals surface area contributed by atoms with Crippen molar-refractivity contribution in [2.45, 2.75) is 39.7 Å². The highest BCUT2D eigenvalue weighted by atomic mass is 16.5. The molecule has 122 valence electrons. The maximum absolute atomic E-state index is 10.6. The van der Waals surface area contributed by atoms with Crippen molar-refractivity contribution >= 4 is 5.97 Å². The Morgan fingerprint density at radius 3 is 2.39 bits per heavy atom. The number of carbonyl (C=O) groups is 1. The summed E-state index contributed by atoms with van der Waals surface area (Å²) >= 11 is 0. The van der Waals surface area contributed by atoms with E-state index in [0.29, 0.717) is 18.9 Å². The van der Waals surface area contributed by atoms with Crippen LogP contribution in [0.1, 0.15) is 37.0 Å². The molecule has 23 heavy (non-hydrogen) atoms. The Kier molecular flexibility index (Phi) is 6.21. The van der Waals surface area contributed by atoms with Crippen molar-refractivity contribution in [3.8, 4) is 5.75 Å². The van der Waals surface area contributed by atoms with Crippen molar-refractivity contribution in [1.82, 2.24) is 0 Å². The summed E-state index contributed by atoms with van der Waals surface area (Å²) in [5, 5.41) is 8.74. The van der Waals surface area contributed by atoms with Gasteiger partial charge < -0.3 is 9.84 Å². The summed E-state index contributed by atoms with van der Waals surface area (Å²) in [7, 11) is 0. The van der Waals surface area contributed by atoms with Gasteiger partial charge in [-0.05, 0) is 47.6 Å². The molecular weight excluding hydrogens is 288 g/mol. The monoisotopic (exact) mass is 312 g/mol. The lowest BCUT2D eigenvalue weighted by molar-refractivity contribution is -0.136. The van der Waals surface area contributed by atoms with Crippen LogP contribution in [0.2, 0.25) is 0 Å². The minimum Gasteiger partial charge on any atom is -0.489 e. The van der Waals surface area contributed by atoms with Gasteiger partial charge in [-0.15, -0.1) is 0 Å². The van der Waals surface area contributed by atoms with Gasteiger partial charge >= 0.3 is 5.97 Å². The first-order valence-corrected chi connectivity index (χ1v) is 8.04. The number of hydrogen-bond acceptors (Lipinski definition) is 2. The van der Waals surface area contributed by atoms with Gasteiger partial charge in [-0.2, -0.15) is 0 Å². The highest BCUT2D eigenvalue weighted by Gasteiger charge is 2.02. The van der Waals surface area contributed by atoms with Crippen LogP contribution in [0.3, 0.4) is 0 Å². The summed E-state index contributed by atoms with van der Waals surface area (Å²) in [5.74, 6) is 0.655. The van der Waals surface area contributed by atoms with E-state index in [1.54, 1.807) is 0 Å². The molecule has 0 unspecified atom stereocenters. The predicted molar refractivity (Wildman–Crippen MR) is 91.7 cm³/mol. The molecule has 0 saturated heterocycles. The van der Waals surface area contributed by atoms with Gasteiger partial charge in [0.25, 0.3) is 0 Å². The normalized spacial score (nSPS) is 10.7. The maximum atomic E-state index is 10.6. The third-order valence-electron chi connectivity index (χ3n) is 3.60. The molecule has 0 saturated carbocycles. The maximum Gasteiger partial charge on any atom is 0.303 e. The highest BCUT2D eigenvalue weighted by Crippen LogP contribution is 2.17. The molecule has 0 bridgehead atoms. The van der Waals surface area contributed by atoms with Crippen molar-refractivity contribution in [3.63, 3.8) is 0 Å². The van der Waals surface area contributed by atoms with E-state index in [2.05, 4.69) is 38.1 Å². The Labute approximate surface area is 137 Å². The fraction of sp³-hybridized carbons (Fsp3) is 0.350. The molecule has 0 heterocycles. The van der Waals surface area contributed by atoms with E-state index >= 15 is 0 Å². The van der Waals surface area contributed by atoms with Gasteiger partial charge in [-0.1, -0.05) is 50.2 Å². The highest BCUT2D eigenvalue weighted by molar-refractivity contribution is 5.67. The molecule has 0 amide bonds. The van der Waals surface area contributed by atoms with Crippen molar-refractivity contribution in [2.24, 2.45) is 5.92 Å². The third-order valence-corrected chi connectivity index (χ3v) is 3.60. The molecule has 0 aliphatic heterocycles. The first kappa shape index (κ1) is 17.1. The number of carboxylic acid groups (broad SMARTS) is 1. The van der Waals surface area contributed by atoms with E-state index in [1.807, 2.05) is 24.3 Å². The summed E-state index contributed by atoms with van der Waals surface area (Å²) in [4.78, 5) is 10.6. The van der Waals surface area contributed by atoms with Crippen LogP contribution in [-0.2, 0) is 24.2 Å². The van der Waals surface area contributed by atoms with Gasteiger partial charge in [0.2, 0.25) is 0 Å². The van der Waals surface area contributed by atoms with Gasteiger partial charge in [-0.3, -0.25) is 4.79 Å². The molecular formula is C20H24O3. The van der Waals surface area contributed by atoms with Crippen LogP contribution in [0, 0.1) is 5.92 Å². The Balaban J connectivity index is 1.90. The average Bonchev–Trinajstić information content (AvgIpc) is 2.52. The summed E-state index contributed by atoms with van der Waals surface area (Å²) in [5.41, 5.74) is 3.46. The lowest BCUT2D eigenvalue weighted by atomic mass is 10.0. The number of rotatable bonds is 8. The van der Waals surface area contributed by atoms with E-state index in [-0.39, 0.29) is 6.42 Å². The second-order valence-corrected chi connectivity index (χ2v) is 6.24. The summed E-state index contributed by atoms with van der Waals surface area (Å²) in [6, 6.07) is 16.2. The molecule has 0 spiro atoms. The van der Waals surface area contributed by atoms with E-state index < -0.39 is 5.97 Å². The molecule has 3 nitrogen and oxygen atoms in total. The summed E-state index contributed by atoms with van der Waals surface area (Å²) < 4.78 is 5.81. The van der Waals surface area contributed by atoms with E-state index in [0.717, 1.165) is 23.3 Å². The Hall–Kier alpha value is -2.29. The van der Waals surface area contributed by atoms with Crippen molar-refractivity contribution in [2.75, 3.05) is 0 Å². The van der Waals surface area contributed by atoms with Crippen LogP contribution in [-0.4, -0.2) is 11.1 Å². The van der Waals surface area contributed by atoms with Gasteiger partial charge in [-0.25, -0.2) is 0 Å². The van der Waals surface area contributed by atoms with Crippen molar-refractivity contribution in [1.29, 1.82) is 0 Å². The molecule has 1 N–H and O–H groups in total. The van der Waals surface area contributed by atoms with Crippen molar-refractivity contribution in [3.05, 3.63) is 65.2 Å². The molecule has 0 aliphatic carbocycles. The lowest BCUT2D eigenvalue weighted by Crippen LogP contribution is -1.99. The zero-order valence-electron chi connectivity index (χ0n) is 13.8. The number of aryl methyl sites for hydroxylation is 1. The smallest absolute Gasteiger partial charge is 0.303 e. The Morgan fingerprint density at radius 1 is 1.04 bits per heavy atom. The molecule has 2 aromatic carbocycles. The van der Waals surface area contributed by atoms with Crippen LogP contribution >= 0.6 is 0 Å². The molecule has 3 heteroatoms. The number of aliphatic carboxylic acids is 1. The quantitative estimate of drug-likeness (QED) is 0.781. The Bertz CT molecular complexity index is 630. The summed E-state index contributed by atoms with van der Waals surface area (Å²) in [6.45, 7) is 4.95. The average molecular weight is 312 g/mol. The van der Waals surface area contributed by atoms with E-state index in [4.69, 9.17) is 9.84 Å². The van der Waals surface area contributed by atoms with Gasteiger partial charge in [0.1, 0.15) is 12.4 Å². The Morgan fingerprint density at radius 2 is 1.74 bits per heavy atom. The standard InChI is InChI=1S/C20H24O3/c1-15(2)12-17-6-8-18(9-7-17)14-23-19-5-3-4-16(13-19)10-11-20(21)22/h3-9,13,15H,10-12,14H2,1-2H3,(H,21,22). The molecule has 0 aromatic heterocycles. The van der Waals surface area contributed by atoms with Crippen LogP contribution < -0.4 is 4.74 Å². The molecule has 0 fully saturated rings. The lowest BCUT2D eigenvalue weighted by Gasteiger charge is -2.09. The fourth-order valence-electron chi connectivity index (χ4n) is 2.45. The van der Waals surface area contributed by atoms with Gasteiger partial charge in [0, 0.05) is 6.42 Å². The van der Waals surface area contributed by atoms with Crippen LogP contribution in [0.4, 0.5) is 0 Å². The van der Waals surface area contributed by atoms with E-state index in [9.17, 15) is 4.79 Å². The largest absolute Gasteiger partial charge is 0.489 e. The van der Waals surface area contributed by atoms with Gasteiger partial charge in [0.15, 0.2) is 0 Å². The minimum absolute atomic E-state index is 0.140. The number of hydrogen-bond donors (Lipinski definition) is 1. The van der Waals surface area contributed by atoms with Crippen LogP contribution in [0.15, 0.2) is 48.5 Å². The fourth-order valence-corrected chi connectivity index (χ4v) is 2.45. The molecule has 2 aromatic rings. The first-order chi connectivity index (χ1) is 11.0. The third kappa shape index (κ3) is 6.15. The second kappa shape index (κ2) is 8.37. The van der Waals surface area contributed by atoms with E-state index in [1.165, 1.54) is 5.56 Å². The zero-order chi connectivity index (χ0) is 16.7. The van der Waals surface area contributed by atoms with Gasteiger partial charge in [0.05, 0.1) is 0 Å². The molecule has 2 rings (SSSR count). The molecule has 0 aliphatic rings. The minimum atomic E-state index is -0.780. The second-order valence-electron chi connectivity index (χ2n) is 6.24. The molecule has 0 atom stereocenters. The van der Waals surface area contributed by atoms with Crippen LogP contribution in [0.25, 0.3) is 0 Å². The summed E-state index contributed by atoms with van der Waals surface area (Å²) in [6.07, 6.45) is 1.75. The first-order valence-electron chi connectivity index (χ1n) is 8.04. The van der Waals surface area contributed by atoms with Crippen molar-refractivity contribution < 1.29 is 14.6 Å². The number of carboxylic acids is 1. The van der Waals surface area contributed by atoms with Crippen LogP contribution in [0.5, 0.6) is 5.75 Å². The number of ether oxygens (including phenoxy) is 1. The zero-order valence-corrected chi connectivity index (χ0v) is 13.8. The SMILES string of the molecule is CC(C)Cc1ccc(COc2cccc(CCC(=O)O)c2)cc1. The topological polar surface area (TPSA) is 46.5 Å². The number of benzene rings is 2.